The molecule has 4 rings (SSSR count). The van der Waals surface area contributed by atoms with E-state index in [9.17, 15) is 5.11 Å². The average molecular weight is 317 g/mol. The number of aromatic nitrogens is 2. The fourth-order valence-corrected chi connectivity index (χ4v) is 3.63. The van der Waals surface area contributed by atoms with Crippen LogP contribution in [0.5, 0.6) is 0 Å². The van der Waals surface area contributed by atoms with Gasteiger partial charge in [0.15, 0.2) is 11.0 Å². The Morgan fingerprint density at radius 3 is 2.52 bits per heavy atom. The molecule has 2 N–H and O–H groups in total. The molecule has 3 nitrogen and oxygen atoms in total. The van der Waals surface area contributed by atoms with Crippen LogP contribution in [0, 0.1) is 0 Å². The first kappa shape index (κ1) is 14.2. The minimum absolute atomic E-state index is 0. The summed E-state index contributed by atoms with van der Waals surface area (Å²) in [6, 6.07) is 18.2. The molecule has 0 bridgehead atoms. The van der Waals surface area contributed by atoms with Gasteiger partial charge in [-0.2, -0.15) is 4.57 Å². The van der Waals surface area contributed by atoms with Crippen LogP contribution in [0.1, 0.15) is 11.8 Å². The summed E-state index contributed by atoms with van der Waals surface area (Å²) in [5, 5.41) is 11.4. The van der Waals surface area contributed by atoms with E-state index in [4.69, 9.17) is 0 Å². The van der Waals surface area contributed by atoms with Gasteiger partial charge in [0.1, 0.15) is 0 Å². The van der Waals surface area contributed by atoms with E-state index in [1.165, 1.54) is 0 Å². The van der Waals surface area contributed by atoms with Crippen LogP contribution in [0.3, 0.4) is 0 Å². The zero-order valence-corrected chi connectivity index (χ0v) is 12.6. The molecule has 106 valence electrons. The molecule has 0 saturated heterocycles. The van der Waals surface area contributed by atoms with Gasteiger partial charge in [0.2, 0.25) is 6.23 Å². The molecule has 21 heavy (non-hydrogen) atoms. The Kier molecular flexibility index (Phi) is 3.76. The Hall–Kier alpha value is -1.75. The molecule has 0 amide bonds. The highest BCUT2D eigenvalue weighted by Gasteiger charge is 2.29. The highest BCUT2D eigenvalue weighted by atomic mass is 35.5. The van der Waals surface area contributed by atoms with Gasteiger partial charge >= 0.3 is 5.16 Å². The van der Waals surface area contributed by atoms with Crippen LogP contribution in [-0.4, -0.2) is 10.1 Å². The zero-order chi connectivity index (χ0) is 13.5. The number of H-pyrrole nitrogens is 1. The van der Waals surface area contributed by atoms with Gasteiger partial charge in [-0.15, -0.1) is 0 Å². The second kappa shape index (κ2) is 5.56. The molecule has 0 radical (unpaired) electrons. The van der Waals surface area contributed by atoms with E-state index < -0.39 is 6.23 Å². The quantitative estimate of drug-likeness (QED) is 0.625. The van der Waals surface area contributed by atoms with Gasteiger partial charge in [-0.05, 0) is 29.5 Å². The fraction of sp³-hybridized carbons (Fsp3) is 0.0625. The summed E-state index contributed by atoms with van der Waals surface area (Å²) in [7, 11) is 0. The number of aliphatic hydroxyl groups excluding tert-OH is 1. The average Bonchev–Trinajstić information content (AvgIpc) is 2.87. The van der Waals surface area contributed by atoms with Crippen molar-refractivity contribution in [2.75, 3.05) is 0 Å². The van der Waals surface area contributed by atoms with Crippen LogP contribution >= 0.6 is 11.8 Å². The molecule has 1 atom stereocenters. The zero-order valence-electron chi connectivity index (χ0n) is 11.0. The van der Waals surface area contributed by atoms with Crippen LogP contribution in [0.2, 0.25) is 0 Å². The minimum Gasteiger partial charge on any atom is -1.00 e. The summed E-state index contributed by atoms with van der Waals surface area (Å²) in [5.41, 5.74) is 3.18. The Labute approximate surface area is 132 Å². The molecular formula is C16H13ClN2OS. The number of aliphatic hydroxyl groups is 1. The normalized spacial score (nSPS) is 17.0. The van der Waals surface area contributed by atoms with E-state index in [1.807, 2.05) is 53.1 Å². The lowest BCUT2D eigenvalue weighted by Gasteiger charge is -2.14. The van der Waals surface area contributed by atoms with Crippen molar-refractivity contribution >= 4 is 27.7 Å². The smallest absolute Gasteiger partial charge is 0.324 e. The number of aromatic amines is 1. The van der Waals surface area contributed by atoms with E-state index in [2.05, 4.69) is 17.1 Å². The second-order valence-corrected chi connectivity index (χ2v) is 5.76. The van der Waals surface area contributed by atoms with E-state index in [-0.39, 0.29) is 12.4 Å². The third kappa shape index (κ3) is 2.35. The summed E-state index contributed by atoms with van der Waals surface area (Å²) < 4.78 is 1.92. The highest BCUT2D eigenvalue weighted by molar-refractivity contribution is 8.08. The number of thioether (sulfide) groups is 1. The number of imidazole rings is 1. The molecule has 1 aliphatic heterocycles. The predicted molar refractivity (Wildman–Crippen MR) is 80.0 cm³/mol. The number of nitrogens with one attached hydrogen (secondary N) is 1. The van der Waals surface area contributed by atoms with Gasteiger partial charge in [0, 0.05) is 11.0 Å². The van der Waals surface area contributed by atoms with E-state index >= 15 is 0 Å². The van der Waals surface area contributed by atoms with Crippen molar-refractivity contribution in [1.82, 2.24) is 4.98 Å². The summed E-state index contributed by atoms with van der Waals surface area (Å²) in [5.74, 6) is 0. The maximum atomic E-state index is 10.4. The van der Waals surface area contributed by atoms with Crippen molar-refractivity contribution in [2.45, 2.75) is 11.4 Å². The number of fused-ring (bicyclic) bond motifs is 3. The summed E-state index contributed by atoms with van der Waals surface area (Å²) >= 11 is 1.65. The Bertz CT molecular complexity index is 814. The van der Waals surface area contributed by atoms with Gasteiger partial charge in [-0.1, -0.05) is 42.5 Å². The van der Waals surface area contributed by atoms with E-state index in [0.717, 1.165) is 26.7 Å². The van der Waals surface area contributed by atoms with Gasteiger partial charge in [0.25, 0.3) is 0 Å². The molecule has 0 saturated carbocycles. The number of rotatable bonds is 1. The van der Waals surface area contributed by atoms with Crippen molar-refractivity contribution in [1.29, 1.82) is 0 Å². The van der Waals surface area contributed by atoms with Crippen molar-refractivity contribution < 1.29 is 22.1 Å². The maximum Gasteiger partial charge on any atom is 0.324 e. The maximum absolute atomic E-state index is 10.4. The summed E-state index contributed by atoms with van der Waals surface area (Å²) in [4.78, 5) is 4.45. The van der Waals surface area contributed by atoms with Crippen LogP contribution in [-0.2, 0) is 0 Å². The lowest BCUT2D eigenvalue weighted by Crippen LogP contribution is -3.00. The van der Waals surface area contributed by atoms with Gasteiger partial charge in [-0.3, -0.25) is 0 Å². The number of halogens is 1. The molecule has 2 heterocycles. The largest absolute Gasteiger partial charge is 1.00 e. The SMILES string of the molecule is OC1C=C(c2ccccc2)Sc2[nH]c3ccccc3[n+]21.[Cl-]. The monoisotopic (exact) mass is 316 g/mol. The third-order valence-electron chi connectivity index (χ3n) is 3.45. The molecule has 3 aromatic rings. The Morgan fingerprint density at radius 2 is 1.71 bits per heavy atom. The van der Waals surface area contributed by atoms with E-state index in [1.54, 1.807) is 11.8 Å². The van der Waals surface area contributed by atoms with Gasteiger partial charge in [-0.25, -0.2) is 4.98 Å². The molecule has 0 fully saturated rings. The summed E-state index contributed by atoms with van der Waals surface area (Å²) in [6.07, 6.45) is 1.26. The van der Waals surface area contributed by atoms with Crippen LogP contribution in [0.25, 0.3) is 15.9 Å². The molecule has 1 aliphatic rings. The topological polar surface area (TPSA) is 39.9 Å². The first-order chi connectivity index (χ1) is 9.83. The third-order valence-corrected chi connectivity index (χ3v) is 4.54. The number of para-hydroxylation sites is 2. The molecule has 0 spiro atoms. The predicted octanol–water partition coefficient (Wildman–Crippen LogP) is 0.0971. The standard InChI is InChI=1S/C16H12N2OS.ClH/c19-15-10-14(11-6-2-1-3-7-11)20-16-17-12-8-4-5-9-13(12)18(15)16;/h1-10,15,19H;1H. The molecule has 1 aromatic heterocycles. The minimum atomic E-state index is -0.641. The van der Waals surface area contributed by atoms with Crippen molar-refractivity contribution in [3.63, 3.8) is 0 Å². The molecule has 5 heteroatoms. The molecular weight excluding hydrogens is 304 g/mol. The first-order valence-electron chi connectivity index (χ1n) is 6.48. The number of hydrogen-bond acceptors (Lipinski definition) is 2. The first-order valence-corrected chi connectivity index (χ1v) is 7.30. The lowest BCUT2D eigenvalue weighted by atomic mass is 10.2. The number of hydrogen-bond donors (Lipinski definition) is 2. The highest BCUT2D eigenvalue weighted by Crippen LogP contribution is 2.37. The molecule has 1 unspecified atom stereocenters. The summed E-state index contributed by atoms with van der Waals surface area (Å²) in [6.45, 7) is 0. The number of benzene rings is 2. The van der Waals surface area contributed by atoms with Crippen LogP contribution in [0.4, 0.5) is 0 Å². The molecule has 0 aliphatic carbocycles. The second-order valence-electron chi connectivity index (χ2n) is 4.73. The van der Waals surface area contributed by atoms with Crippen molar-refractivity contribution in [3.05, 3.63) is 66.2 Å². The van der Waals surface area contributed by atoms with Crippen molar-refractivity contribution in [2.24, 2.45) is 0 Å². The molecule has 2 aromatic carbocycles. The van der Waals surface area contributed by atoms with Crippen LogP contribution < -0.4 is 17.0 Å². The van der Waals surface area contributed by atoms with Gasteiger partial charge in [0.05, 0.1) is 0 Å². The Balaban J connectivity index is 0.00000132. The van der Waals surface area contributed by atoms with Crippen LogP contribution in [0.15, 0.2) is 65.8 Å². The fourth-order valence-electron chi connectivity index (χ4n) is 2.52. The lowest BCUT2D eigenvalue weighted by molar-refractivity contribution is -0.758. The Morgan fingerprint density at radius 1 is 1.00 bits per heavy atom. The van der Waals surface area contributed by atoms with E-state index in [0.29, 0.717) is 0 Å². The van der Waals surface area contributed by atoms with Crippen molar-refractivity contribution in [3.8, 4) is 0 Å². The number of nitrogens with zero attached hydrogens (tertiary/aromatic N) is 1. The van der Waals surface area contributed by atoms with Gasteiger partial charge < -0.3 is 17.5 Å².